The van der Waals surface area contributed by atoms with E-state index >= 15 is 0 Å². The summed E-state index contributed by atoms with van der Waals surface area (Å²) in [6.07, 6.45) is 2.03. The van der Waals surface area contributed by atoms with Gasteiger partial charge >= 0.3 is 0 Å². The fourth-order valence-corrected chi connectivity index (χ4v) is 2.87. The number of sulfone groups is 1. The van der Waals surface area contributed by atoms with Crippen molar-refractivity contribution < 1.29 is 13.2 Å². The van der Waals surface area contributed by atoms with Gasteiger partial charge in [-0.1, -0.05) is 0 Å². The summed E-state index contributed by atoms with van der Waals surface area (Å²) in [4.78, 5) is 0. The Morgan fingerprint density at radius 1 is 1.62 bits per heavy atom. The van der Waals surface area contributed by atoms with Crippen LogP contribution in [0.3, 0.4) is 0 Å². The summed E-state index contributed by atoms with van der Waals surface area (Å²) in [6.45, 7) is 2.51. The van der Waals surface area contributed by atoms with Crippen molar-refractivity contribution in [2.24, 2.45) is 0 Å². The minimum atomic E-state index is -3.08. The molecule has 0 aromatic carbocycles. The van der Waals surface area contributed by atoms with Crippen LogP contribution in [-0.4, -0.2) is 39.3 Å². The highest BCUT2D eigenvalue weighted by molar-refractivity contribution is 7.91. The van der Waals surface area contributed by atoms with Gasteiger partial charge in [0.05, 0.1) is 5.75 Å². The first-order chi connectivity index (χ1) is 6.06. The van der Waals surface area contributed by atoms with Crippen molar-refractivity contribution in [2.75, 3.05) is 19.4 Å². The Labute approximate surface area is 79.6 Å². The van der Waals surface area contributed by atoms with Crippen LogP contribution in [0.4, 0.5) is 0 Å². The first-order valence-electron chi connectivity index (χ1n) is 4.54. The van der Waals surface area contributed by atoms with Crippen molar-refractivity contribution in [3.63, 3.8) is 0 Å². The second-order valence-electron chi connectivity index (χ2n) is 3.43. The van der Waals surface area contributed by atoms with Gasteiger partial charge in [0, 0.05) is 13.2 Å². The molecule has 1 heterocycles. The van der Waals surface area contributed by atoms with E-state index in [1.807, 2.05) is 0 Å². The van der Waals surface area contributed by atoms with Crippen molar-refractivity contribution in [1.82, 2.24) is 5.32 Å². The van der Waals surface area contributed by atoms with Gasteiger partial charge in [0.25, 0.3) is 0 Å². The molecule has 1 aliphatic rings. The number of hydrogen-bond donors (Lipinski definition) is 1. The molecular formula is C8H17NO3S. The van der Waals surface area contributed by atoms with Crippen LogP contribution in [0.5, 0.6) is 0 Å². The molecule has 0 radical (unpaired) electrons. The number of methoxy groups -OCH3 is 1. The Hall–Kier alpha value is -0.130. The first-order valence-corrected chi connectivity index (χ1v) is 6.25. The average Bonchev–Trinajstić information content (AvgIpc) is 2.54. The Morgan fingerprint density at radius 3 is 2.77 bits per heavy atom. The van der Waals surface area contributed by atoms with Crippen molar-refractivity contribution in [2.45, 2.75) is 31.2 Å². The molecule has 1 fully saturated rings. The summed E-state index contributed by atoms with van der Waals surface area (Å²) in [6, 6.07) is 0.127. The smallest absolute Gasteiger partial charge is 0.178 e. The van der Waals surface area contributed by atoms with Gasteiger partial charge in [-0.3, -0.25) is 0 Å². The Kier molecular flexibility index (Phi) is 3.70. The van der Waals surface area contributed by atoms with Crippen molar-refractivity contribution in [3.8, 4) is 0 Å². The van der Waals surface area contributed by atoms with Crippen LogP contribution in [0.15, 0.2) is 0 Å². The second kappa shape index (κ2) is 4.39. The molecular weight excluding hydrogens is 190 g/mol. The summed E-state index contributed by atoms with van der Waals surface area (Å²) >= 11 is 0. The summed E-state index contributed by atoms with van der Waals surface area (Å²) in [7, 11) is -1.66. The summed E-state index contributed by atoms with van der Waals surface area (Å²) in [5, 5.41) is 3.16. The molecule has 1 rings (SSSR count). The molecule has 78 valence electrons. The Morgan fingerprint density at radius 2 is 2.31 bits per heavy atom. The van der Waals surface area contributed by atoms with E-state index < -0.39 is 15.3 Å². The van der Waals surface area contributed by atoms with Crippen LogP contribution in [-0.2, 0) is 14.6 Å². The zero-order chi connectivity index (χ0) is 9.90. The Bertz CT molecular complexity index is 244. The third kappa shape index (κ3) is 2.93. The van der Waals surface area contributed by atoms with Crippen LogP contribution in [0.2, 0.25) is 0 Å². The quantitative estimate of drug-likeness (QED) is 0.712. The normalized spacial score (nSPS) is 26.2. The van der Waals surface area contributed by atoms with E-state index in [1.165, 1.54) is 7.11 Å². The van der Waals surface area contributed by atoms with Crippen molar-refractivity contribution in [3.05, 3.63) is 0 Å². The predicted molar refractivity (Wildman–Crippen MR) is 51.3 cm³/mol. The average molecular weight is 207 g/mol. The van der Waals surface area contributed by atoms with Gasteiger partial charge in [-0.25, -0.2) is 8.42 Å². The van der Waals surface area contributed by atoms with Crippen LogP contribution in [0.25, 0.3) is 0 Å². The zero-order valence-corrected chi connectivity index (χ0v) is 8.93. The molecule has 5 heteroatoms. The van der Waals surface area contributed by atoms with Gasteiger partial charge in [0.15, 0.2) is 15.3 Å². The molecule has 0 bridgehead atoms. The number of nitrogens with one attached hydrogen (secondary N) is 1. The van der Waals surface area contributed by atoms with Crippen molar-refractivity contribution in [1.29, 1.82) is 0 Å². The molecule has 13 heavy (non-hydrogen) atoms. The molecule has 0 aromatic rings. The minimum Gasteiger partial charge on any atom is -0.366 e. The van der Waals surface area contributed by atoms with E-state index in [-0.39, 0.29) is 11.8 Å². The highest BCUT2D eigenvalue weighted by Gasteiger charge is 2.26. The fraction of sp³-hybridized carbons (Fsp3) is 1.00. The van der Waals surface area contributed by atoms with Gasteiger partial charge in [-0.2, -0.15) is 0 Å². The third-order valence-corrected chi connectivity index (χ3v) is 4.50. The molecule has 0 aromatic heterocycles. The van der Waals surface area contributed by atoms with E-state index in [0.717, 1.165) is 19.4 Å². The molecule has 1 saturated heterocycles. The molecule has 1 N–H and O–H groups in total. The van der Waals surface area contributed by atoms with E-state index in [9.17, 15) is 8.42 Å². The van der Waals surface area contributed by atoms with E-state index in [0.29, 0.717) is 0 Å². The summed E-state index contributed by atoms with van der Waals surface area (Å²) in [5.74, 6) is 0.196. The van der Waals surface area contributed by atoms with E-state index in [1.54, 1.807) is 6.92 Å². The topological polar surface area (TPSA) is 55.4 Å². The molecule has 1 aliphatic heterocycles. The molecule has 0 amide bonds. The molecule has 0 saturated carbocycles. The first kappa shape index (κ1) is 10.9. The van der Waals surface area contributed by atoms with Gasteiger partial charge in [0.2, 0.25) is 0 Å². The molecule has 0 spiro atoms. The standard InChI is InChI=1S/C8H17NO3S/c1-7(12-2)13(10,11)6-8-4-3-5-9-8/h7-9H,3-6H2,1-2H3. The van der Waals surface area contributed by atoms with E-state index in [4.69, 9.17) is 4.74 Å². The van der Waals surface area contributed by atoms with Crippen LogP contribution in [0.1, 0.15) is 19.8 Å². The number of ether oxygens (including phenoxy) is 1. The molecule has 2 atom stereocenters. The summed E-state index contributed by atoms with van der Waals surface area (Å²) in [5.41, 5.74) is -0.685. The number of hydrogen-bond acceptors (Lipinski definition) is 4. The summed E-state index contributed by atoms with van der Waals surface area (Å²) < 4.78 is 27.9. The minimum absolute atomic E-state index is 0.127. The van der Waals surface area contributed by atoms with Crippen LogP contribution in [0, 0.1) is 0 Å². The maximum Gasteiger partial charge on any atom is 0.178 e. The fourth-order valence-electron chi connectivity index (χ4n) is 1.46. The lowest BCUT2D eigenvalue weighted by Crippen LogP contribution is -2.34. The SMILES string of the molecule is COC(C)S(=O)(=O)CC1CCCN1. The van der Waals surface area contributed by atoms with Crippen LogP contribution >= 0.6 is 0 Å². The number of rotatable bonds is 4. The highest BCUT2D eigenvalue weighted by atomic mass is 32.2. The van der Waals surface area contributed by atoms with Gasteiger partial charge < -0.3 is 10.1 Å². The predicted octanol–water partition coefficient (Wildman–Crippen LogP) is 0.146. The lowest BCUT2D eigenvalue weighted by molar-refractivity contribution is 0.177. The monoisotopic (exact) mass is 207 g/mol. The maximum absolute atomic E-state index is 11.6. The molecule has 2 unspecified atom stereocenters. The highest BCUT2D eigenvalue weighted by Crippen LogP contribution is 2.11. The lowest BCUT2D eigenvalue weighted by atomic mass is 10.3. The largest absolute Gasteiger partial charge is 0.366 e. The molecule has 0 aliphatic carbocycles. The molecule has 4 nitrogen and oxygen atoms in total. The zero-order valence-electron chi connectivity index (χ0n) is 8.12. The van der Waals surface area contributed by atoms with Gasteiger partial charge in [-0.15, -0.1) is 0 Å². The van der Waals surface area contributed by atoms with Crippen molar-refractivity contribution >= 4 is 9.84 Å². The Balaban J connectivity index is 2.50. The third-order valence-electron chi connectivity index (χ3n) is 2.43. The maximum atomic E-state index is 11.6. The van der Waals surface area contributed by atoms with E-state index in [2.05, 4.69) is 5.32 Å². The van der Waals surface area contributed by atoms with Crippen LogP contribution < -0.4 is 5.32 Å². The van der Waals surface area contributed by atoms with Gasteiger partial charge in [-0.05, 0) is 26.3 Å². The second-order valence-corrected chi connectivity index (χ2v) is 5.75. The lowest BCUT2D eigenvalue weighted by Gasteiger charge is -2.14. The van der Waals surface area contributed by atoms with Gasteiger partial charge in [0.1, 0.15) is 0 Å².